The molecular formula is C14H20N4O2. The van der Waals surface area contributed by atoms with Gasteiger partial charge in [0.1, 0.15) is 0 Å². The molecule has 0 aromatic carbocycles. The number of aromatic nitrogens is 1. The molecule has 0 saturated carbocycles. The number of anilines is 1. The summed E-state index contributed by atoms with van der Waals surface area (Å²) in [6.07, 6.45) is 6.42. The molecule has 108 valence electrons. The Labute approximate surface area is 118 Å². The van der Waals surface area contributed by atoms with Crippen molar-refractivity contribution in [2.24, 2.45) is 0 Å². The van der Waals surface area contributed by atoms with Gasteiger partial charge in [0.25, 0.3) is 0 Å². The summed E-state index contributed by atoms with van der Waals surface area (Å²) < 4.78 is 0. The molecule has 1 aromatic heterocycles. The zero-order valence-corrected chi connectivity index (χ0v) is 11.7. The second-order valence-corrected chi connectivity index (χ2v) is 5.78. The Hall–Kier alpha value is -1.69. The van der Waals surface area contributed by atoms with E-state index >= 15 is 0 Å². The van der Waals surface area contributed by atoms with Gasteiger partial charge in [-0.25, -0.2) is 4.98 Å². The number of hydrogen-bond donors (Lipinski definition) is 1. The minimum Gasteiger partial charge on any atom is -0.360 e. The maximum atomic E-state index is 11.1. The van der Waals surface area contributed by atoms with E-state index < -0.39 is 0 Å². The van der Waals surface area contributed by atoms with Crippen LogP contribution in [0, 0.1) is 17.0 Å². The molecule has 0 aliphatic carbocycles. The molecule has 20 heavy (non-hydrogen) atoms. The molecule has 2 saturated heterocycles. The van der Waals surface area contributed by atoms with Crippen LogP contribution in [0.25, 0.3) is 0 Å². The quantitative estimate of drug-likeness (QED) is 0.677. The fourth-order valence-corrected chi connectivity index (χ4v) is 3.40. The van der Waals surface area contributed by atoms with Gasteiger partial charge in [-0.2, -0.15) is 0 Å². The van der Waals surface area contributed by atoms with Crippen LogP contribution in [0.3, 0.4) is 0 Å². The van der Waals surface area contributed by atoms with E-state index in [0.717, 1.165) is 25.1 Å². The van der Waals surface area contributed by atoms with Gasteiger partial charge in [0.2, 0.25) is 5.82 Å². The Kier molecular flexibility index (Phi) is 3.56. The maximum Gasteiger partial charge on any atom is 0.311 e. The summed E-state index contributed by atoms with van der Waals surface area (Å²) >= 11 is 0. The molecule has 3 rings (SSSR count). The number of nitro groups is 1. The van der Waals surface area contributed by atoms with Crippen LogP contribution < -0.4 is 5.32 Å². The van der Waals surface area contributed by atoms with Crippen LogP contribution >= 0.6 is 0 Å². The lowest BCUT2D eigenvalue weighted by molar-refractivity contribution is -0.384. The molecule has 0 amide bonds. The molecule has 6 nitrogen and oxygen atoms in total. The lowest BCUT2D eigenvalue weighted by Crippen LogP contribution is -2.41. The van der Waals surface area contributed by atoms with Crippen LogP contribution in [0.5, 0.6) is 0 Å². The molecule has 6 heteroatoms. The predicted octanol–water partition coefficient (Wildman–Crippen LogP) is 2.34. The third-order valence-corrected chi connectivity index (χ3v) is 4.38. The first-order chi connectivity index (χ1) is 9.65. The Morgan fingerprint density at radius 1 is 1.40 bits per heavy atom. The SMILES string of the molecule is Cc1cnc(NC2CCN3CCCCC23)c([N+](=O)[O-])c1. The third kappa shape index (κ3) is 2.47. The lowest BCUT2D eigenvalue weighted by atomic mass is 9.99. The molecule has 2 fully saturated rings. The van der Waals surface area contributed by atoms with Gasteiger partial charge in [-0.15, -0.1) is 0 Å². The van der Waals surface area contributed by atoms with Gasteiger partial charge in [0.05, 0.1) is 4.92 Å². The summed E-state index contributed by atoms with van der Waals surface area (Å²) in [6, 6.07) is 2.37. The largest absolute Gasteiger partial charge is 0.360 e. The van der Waals surface area contributed by atoms with E-state index in [9.17, 15) is 10.1 Å². The van der Waals surface area contributed by atoms with Crippen LogP contribution in [0.1, 0.15) is 31.2 Å². The number of rotatable bonds is 3. The van der Waals surface area contributed by atoms with Crippen LogP contribution in [-0.2, 0) is 0 Å². The lowest BCUT2D eigenvalue weighted by Gasteiger charge is -2.32. The van der Waals surface area contributed by atoms with E-state index in [-0.39, 0.29) is 16.7 Å². The summed E-state index contributed by atoms with van der Waals surface area (Å²) in [5.74, 6) is 0.415. The molecule has 2 unspecified atom stereocenters. The highest BCUT2D eigenvalue weighted by Crippen LogP contribution is 2.31. The fourth-order valence-electron chi connectivity index (χ4n) is 3.40. The Bertz CT molecular complexity index is 520. The van der Waals surface area contributed by atoms with E-state index in [4.69, 9.17) is 0 Å². The standard InChI is InChI=1S/C14H20N4O2/c1-10-8-13(18(19)20)14(15-9-10)16-11-5-7-17-6-3-2-4-12(11)17/h8-9,11-12H,2-7H2,1H3,(H,15,16). The smallest absolute Gasteiger partial charge is 0.311 e. The molecular weight excluding hydrogens is 256 g/mol. The average Bonchev–Trinajstić information content (AvgIpc) is 2.84. The second-order valence-electron chi connectivity index (χ2n) is 5.78. The summed E-state index contributed by atoms with van der Waals surface area (Å²) in [4.78, 5) is 17.5. The van der Waals surface area contributed by atoms with Crippen molar-refractivity contribution >= 4 is 11.5 Å². The van der Waals surface area contributed by atoms with Crippen molar-refractivity contribution in [1.29, 1.82) is 0 Å². The zero-order chi connectivity index (χ0) is 14.1. The van der Waals surface area contributed by atoms with Crippen molar-refractivity contribution in [3.63, 3.8) is 0 Å². The highest BCUT2D eigenvalue weighted by atomic mass is 16.6. The summed E-state index contributed by atoms with van der Waals surface area (Å²) in [5, 5.41) is 14.5. The molecule has 2 aliphatic rings. The van der Waals surface area contributed by atoms with Crippen molar-refractivity contribution in [3.05, 3.63) is 27.9 Å². The molecule has 3 heterocycles. The van der Waals surface area contributed by atoms with Gasteiger partial charge in [-0.05, 0) is 38.3 Å². The molecule has 0 spiro atoms. The third-order valence-electron chi connectivity index (χ3n) is 4.38. The van der Waals surface area contributed by atoms with E-state index in [1.165, 1.54) is 19.3 Å². The van der Waals surface area contributed by atoms with Gasteiger partial charge < -0.3 is 5.32 Å². The number of nitrogens with zero attached hydrogens (tertiary/aromatic N) is 3. The van der Waals surface area contributed by atoms with Crippen LogP contribution in [-0.4, -0.2) is 40.0 Å². The Morgan fingerprint density at radius 3 is 3.05 bits per heavy atom. The zero-order valence-electron chi connectivity index (χ0n) is 11.7. The Morgan fingerprint density at radius 2 is 2.25 bits per heavy atom. The van der Waals surface area contributed by atoms with Crippen LogP contribution in [0.15, 0.2) is 12.3 Å². The minimum atomic E-state index is -0.351. The van der Waals surface area contributed by atoms with Gasteiger partial charge in [0, 0.05) is 30.9 Å². The Balaban J connectivity index is 1.79. The molecule has 2 atom stereocenters. The van der Waals surface area contributed by atoms with Crippen molar-refractivity contribution in [2.75, 3.05) is 18.4 Å². The first-order valence-electron chi connectivity index (χ1n) is 7.27. The van der Waals surface area contributed by atoms with E-state index in [1.807, 2.05) is 6.92 Å². The maximum absolute atomic E-state index is 11.1. The first-order valence-corrected chi connectivity index (χ1v) is 7.27. The number of hydrogen-bond acceptors (Lipinski definition) is 5. The summed E-state index contributed by atoms with van der Waals surface area (Å²) in [7, 11) is 0. The fraction of sp³-hybridized carbons (Fsp3) is 0.643. The molecule has 2 aliphatic heterocycles. The van der Waals surface area contributed by atoms with Crippen LogP contribution in [0.2, 0.25) is 0 Å². The predicted molar refractivity (Wildman–Crippen MR) is 76.9 cm³/mol. The number of fused-ring (bicyclic) bond motifs is 1. The average molecular weight is 276 g/mol. The highest BCUT2D eigenvalue weighted by Gasteiger charge is 2.36. The van der Waals surface area contributed by atoms with Gasteiger partial charge in [0.15, 0.2) is 0 Å². The molecule has 1 aromatic rings. The second kappa shape index (κ2) is 5.36. The molecule has 0 radical (unpaired) electrons. The topological polar surface area (TPSA) is 71.3 Å². The van der Waals surface area contributed by atoms with Crippen molar-refractivity contribution in [1.82, 2.24) is 9.88 Å². The van der Waals surface area contributed by atoms with Crippen molar-refractivity contribution in [3.8, 4) is 0 Å². The highest BCUT2D eigenvalue weighted by molar-refractivity contribution is 5.57. The normalized spacial score (nSPS) is 26.2. The number of pyridine rings is 1. The number of piperidine rings is 1. The summed E-state index contributed by atoms with van der Waals surface area (Å²) in [6.45, 7) is 4.07. The van der Waals surface area contributed by atoms with Gasteiger partial charge in [-0.3, -0.25) is 15.0 Å². The van der Waals surface area contributed by atoms with Gasteiger partial charge >= 0.3 is 5.69 Å². The van der Waals surface area contributed by atoms with E-state index in [2.05, 4.69) is 15.2 Å². The number of nitrogens with one attached hydrogen (secondary N) is 1. The van der Waals surface area contributed by atoms with E-state index in [1.54, 1.807) is 12.3 Å². The monoisotopic (exact) mass is 276 g/mol. The molecule has 0 bridgehead atoms. The number of aryl methyl sites for hydroxylation is 1. The van der Waals surface area contributed by atoms with Crippen molar-refractivity contribution < 1.29 is 4.92 Å². The first kappa shape index (κ1) is 13.3. The van der Waals surface area contributed by atoms with Crippen LogP contribution in [0.4, 0.5) is 11.5 Å². The van der Waals surface area contributed by atoms with Gasteiger partial charge in [-0.1, -0.05) is 6.42 Å². The molecule has 1 N–H and O–H groups in total. The summed E-state index contributed by atoms with van der Waals surface area (Å²) in [5.41, 5.74) is 0.896. The van der Waals surface area contributed by atoms with Crippen molar-refractivity contribution in [2.45, 2.75) is 44.7 Å². The van der Waals surface area contributed by atoms with E-state index in [0.29, 0.717) is 11.9 Å². The minimum absolute atomic E-state index is 0.0826.